The van der Waals surface area contributed by atoms with Gasteiger partial charge in [0.1, 0.15) is 5.56 Å². The Morgan fingerprint density at radius 2 is 2.15 bits per heavy atom. The number of carbonyl (C=O) groups excluding carboxylic acids is 1. The van der Waals surface area contributed by atoms with Crippen LogP contribution in [0.25, 0.3) is 0 Å². The van der Waals surface area contributed by atoms with Gasteiger partial charge in [-0.25, -0.2) is 0 Å². The number of hydrogen-bond acceptors (Lipinski definition) is 3. The molecular formula is C14H17ClN2O3. The molecule has 0 aromatic heterocycles. The van der Waals surface area contributed by atoms with Crippen molar-refractivity contribution in [1.29, 1.82) is 0 Å². The number of halogens is 1. The number of likely N-dealkylation sites (tertiary alicyclic amines) is 1. The quantitative estimate of drug-likeness (QED) is 0.487. The number of amides is 1. The third kappa shape index (κ3) is 3.10. The van der Waals surface area contributed by atoms with Crippen LogP contribution >= 0.6 is 11.6 Å². The van der Waals surface area contributed by atoms with E-state index in [-0.39, 0.29) is 23.2 Å². The van der Waals surface area contributed by atoms with Gasteiger partial charge in [-0.05, 0) is 31.7 Å². The maximum absolute atomic E-state index is 12.6. The number of carbonyl (C=O) groups is 1. The molecule has 0 aliphatic carbocycles. The van der Waals surface area contributed by atoms with E-state index in [4.69, 9.17) is 11.6 Å². The summed E-state index contributed by atoms with van der Waals surface area (Å²) in [5.41, 5.74) is 0.0340. The first kappa shape index (κ1) is 14.8. The summed E-state index contributed by atoms with van der Waals surface area (Å²) in [7, 11) is 0. The fourth-order valence-electron chi connectivity index (χ4n) is 2.66. The molecular weight excluding hydrogens is 280 g/mol. The average molecular weight is 297 g/mol. The van der Waals surface area contributed by atoms with Gasteiger partial charge >= 0.3 is 0 Å². The summed E-state index contributed by atoms with van der Waals surface area (Å²) in [6.07, 6.45) is 3.65. The molecule has 0 N–H and O–H groups in total. The predicted octanol–water partition coefficient (Wildman–Crippen LogP) is 3.22. The number of rotatable bonds is 4. The predicted molar refractivity (Wildman–Crippen MR) is 77.1 cm³/mol. The summed E-state index contributed by atoms with van der Waals surface area (Å²) >= 11 is 5.79. The molecule has 1 aromatic rings. The van der Waals surface area contributed by atoms with Gasteiger partial charge in [0.25, 0.3) is 11.6 Å². The maximum atomic E-state index is 12.6. The number of nitro benzene ring substituents is 1. The molecule has 1 atom stereocenters. The van der Waals surface area contributed by atoms with Crippen LogP contribution in [0, 0.1) is 10.1 Å². The number of piperidine rings is 1. The Morgan fingerprint density at radius 1 is 1.40 bits per heavy atom. The average Bonchev–Trinajstić information content (AvgIpc) is 2.47. The molecule has 1 aliphatic heterocycles. The molecule has 2 rings (SSSR count). The molecule has 1 fully saturated rings. The number of benzene rings is 1. The zero-order valence-electron chi connectivity index (χ0n) is 11.1. The fraction of sp³-hybridized carbons (Fsp3) is 0.500. The van der Waals surface area contributed by atoms with Crippen LogP contribution in [0.2, 0.25) is 0 Å². The SMILES string of the molecule is O=C(c1ccccc1[N+](=O)[O-])N1CCCCC1CCCl. The molecule has 6 heteroatoms. The summed E-state index contributed by atoms with van der Waals surface area (Å²) in [5.74, 6) is 0.234. The standard InChI is InChI=1S/C14H17ClN2O3/c15-9-8-11-5-3-4-10-16(11)14(18)12-6-1-2-7-13(12)17(19)20/h1-2,6-7,11H,3-5,8-10H2. The lowest BCUT2D eigenvalue weighted by Crippen LogP contribution is -2.44. The minimum Gasteiger partial charge on any atom is -0.335 e. The highest BCUT2D eigenvalue weighted by molar-refractivity contribution is 6.17. The molecule has 1 unspecified atom stereocenters. The van der Waals surface area contributed by atoms with Gasteiger partial charge in [0.15, 0.2) is 0 Å². The molecule has 1 saturated heterocycles. The van der Waals surface area contributed by atoms with E-state index in [9.17, 15) is 14.9 Å². The lowest BCUT2D eigenvalue weighted by Gasteiger charge is -2.35. The molecule has 0 spiro atoms. The minimum atomic E-state index is -0.506. The summed E-state index contributed by atoms with van der Waals surface area (Å²) in [6, 6.07) is 6.21. The van der Waals surface area contributed by atoms with Crippen molar-refractivity contribution in [3.05, 3.63) is 39.9 Å². The number of alkyl halides is 1. The topological polar surface area (TPSA) is 63.4 Å². The van der Waals surface area contributed by atoms with E-state index in [0.29, 0.717) is 12.4 Å². The van der Waals surface area contributed by atoms with Crippen LogP contribution < -0.4 is 0 Å². The van der Waals surface area contributed by atoms with Crippen LogP contribution in [0.4, 0.5) is 5.69 Å². The van der Waals surface area contributed by atoms with Crippen molar-refractivity contribution in [2.75, 3.05) is 12.4 Å². The highest BCUT2D eigenvalue weighted by Gasteiger charge is 2.30. The first-order valence-electron chi connectivity index (χ1n) is 6.75. The normalized spacial score (nSPS) is 18.9. The maximum Gasteiger partial charge on any atom is 0.282 e. The highest BCUT2D eigenvalue weighted by Crippen LogP contribution is 2.26. The molecule has 108 valence electrons. The summed E-state index contributed by atoms with van der Waals surface area (Å²) in [6.45, 7) is 0.645. The van der Waals surface area contributed by atoms with Gasteiger partial charge in [-0.1, -0.05) is 12.1 Å². The number of hydrogen-bond donors (Lipinski definition) is 0. The lowest BCUT2D eigenvalue weighted by molar-refractivity contribution is -0.385. The Hall–Kier alpha value is -1.62. The van der Waals surface area contributed by atoms with Crippen molar-refractivity contribution in [3.8, 4) is 0 Å². The summed E-state index contributed by atoms with van der Waals surface area (Å²) in [4.78, 5) is 24.9. The first-order valence-corrected chi connectivity index (χ1v) is 7.29. The zero-order chi connectivity index (χ0) is 14.5. The van der Waals surface area contributed by atoms with Gasteiger partial charge in [0.2, 0.25) is 0 Å². The van der Waals surface area contributed by atoms with Crippen molar-refractivity contribution in [2.45, 2.75) is 31.7 Å². The zero-order valence-corrected chi connectivity index (χ0v) is 11.9. The first-order chi connectivity index (χ1) is 9.65. The second kappa shape index (κ2) is 6.70. The fourth-order valence-corrected chi connectivity index (χ4v) is 2.91. The van der Waals surface area contributed by atoms with Crippen molar-refractivity contribution in [2.24, 2.45) is 0 Å². The van der Waals surface area contributed by atoms with Crippen LogP contribution in [0.5, 0.6) is 0 Å². The number of nitrogens with zero attached hydrogens (tertiary/aromatic N) is 2. The second-order valence-corrected chi connectivity index (χ2v) is 5.28. The molecule has 1 aliphatic rings. The van der Waals surface area contributed by atoms with Crippen LogP contribution in [0.3, 0.4) is 0 Å². The lowest BCUT2D eigenvalue weighted by atomic mass is 9.98. The Balaban J connectivity index is 2.27. The molecule has 0 bridgehead atoms. The van der Waals surface area contributed by atoms with Gasteiger partial charge in [0, 0.05) is 24.5 Å². The second-order valence-electron chi connectivity index (χ2n) is 4.90. The van der Waals surface area contributed by atoms with E-state index < -0.39 is 4.92 Å². The van der Waals surface area contributed by atoms with E-state index in [0.717, 1.165) is 25.7 Å². The minimum absolute atomic E-state index is 0.0913. The molecule has 5 nitrogen and oxygen atoms in total. The largest absolute Gasteiger partial charge is 0.335 e. The molecule has 20 heavy (non-hydrogen) atoms. The van der Waals surface area contributed by atoms with Crippen LogP contribution in [-0.2, 0) is 0 Å². The van der Waals surface area contributed by atoms with E-state index >= 15 is 0 Å². The van der Waals surface area contributed by atoms with Crippen molar-refractivity contribution in [3.63, 3.8) is 0 Å². The van der Waals surface area contributed by atoms with Crippen LogP contribution in [-0.4, -0.2) is 34.2 Å². The molecule has 1 heterocycles. The molecule has 1 amide bonds. The van der Waals surface area contributed by atoms with E-state index in [1.54, 1.807) is 17.0 Å². The van der Waals surface area contributed by atoms with Gasteiger partial charge in [-0.3, -0.25) is 14.9 Å². The van der Waals surface area contributed by atoms with Gasteiger partial charge < -0.3 is 4.90 Å². The Labute approximate surface area is 122 Å². The summed E-state index contributed by atoms with van der Waals surface area (Å²) in [5, 5.41) is 11.0. The van der Waals surface area contributed by atoms with Gasteiger partial charge in [0.05, 0.1) is 4.92 Å². The third-order valence-electron chi connectivity index (χ3n) is 3.66. The van der Waals surface area contributed by atoms with E-state index in [1.807, 2.05) is 0 Å². The van der Waals surface area contributed by atoms with Gasteiger partial charge in [-0.15, -0.1) is 11.6 Å². The smallest absolute Gasteiger partial charge is 0.282 e. The number of para-hydroxylation sites is 1. The highest BCUT2D eigenvalue weighted by atomic mass is 35.5. The Kier molecular flexibility index (Phi) is 4.95. The molecule has 1 aromatic carbocycles. The summed E-state index contributed by atoms with van der Waals surface area (Å²) < 4.78 is 0. The van der Waals surface area contributed by atoms with Crippen molar-refractivity contribution >= 4 is 23.2 Å². The third-order valence-corrected chi connectivity index (χ3v) is 3.88. The van der Waals surface area contributed by atoms with E-state index in [1.165, 1.54) is 12.1 Å². The monoisotopic (exact) mass is 296 g/mol. The van der Waals surface area contributed by atoms with Crippen molar-refractivity contribution in [1.82, 2.24) is 4.90 Å². The Bertz CT molecular complexity index is 505. The van der Waals surface area contributed by atoms with Crippen molar-refractivity contribution < 1.29 is 9.72 Å². The van der Waals surface area contributed by atoms with Crippen LogP contribution in [0.1, 0.15) is 36.0 Å². The molecule has 0 saturated carbocycles. The number of nitro groups is 1. The van der Waals surface area contributed by atoms with Crippen LogP contribution in [0.15, 0.2) is 24.3 Å². The van der Waals surface area contributed by atoms with Gasteiger partial charge in [-0.2, -0.15) is 0 Å². The molecule has 0 radical (unpaired) electrons. The Morgan fingerprint density at radius 3 is 2.85 bits per heavy atom. The van der Waals surface area contributed by atoms with E-state index in [2.05, 4.69) is 0 Å².